The first-order chi connectivity index (χ1) is 16.2. The van der Waals surface area contributed by atoms with Crippen LogP contribution in [0.15, 0.2) is 59.5 Å². The highest BCUT2D eigenvalue weighted by Gasteiger charge is 2.26. The predicted molar refractivity (Wildman–Crippen MR) is 122 cm³/mol. The molecule has 1 fully saturated rings. The van der Waals surface area contributed by atoms with Crippen LogP contribution >= 0.6 is 0 Å². The van der Waals surface area contributed by atoms with Gasteiger partial charge in [0.1, 0.15) is 6.10 Å². The Morgan fingerprint density at radius 1 is 1.15 bits per heavy atom. The molecule has 0 aliphatic carbocycles. The van der Waals surface area contributed by atoms with Gasteiger partial charge in [-0.1, -0.05) is 12.1 Å². The van der Waals surface area contributed by atoms with E-state index in [0.717, 1.165) is 0 Å². The zero-order valence-corrected chi connectivity index (χ0v) is 18.9. The summed E-state index contributed by atoms with van der Waals surface area (Å²) >= 11 is 0. The summed E-state index contributed by atoms with van der Waals surface area (Å²) < 4.78 is 31.9. The lowest BCUT2D eigenvalue weighted by molar-refractivity contribution is -0.384. The topological polar surface area (TPSA) is 159 Å². The molecule has 1 aliphatic heterocycles. The monoisotopic (exact) mass is 491 g/mol. The number of nitrogens with zero attached hydrogens (tertiary/aromatic N) is 2. The van der Waals surface area contributed by atoms with Crippen molar-refractivity contribution in [3.05, 3.63) is 75.8 Å². The third-order valence-corrected chi connectivity index (χ3v) is 7.18. The van der Waals surface area contributed by atoms with E-state index in [1.54, 1.807) is 12.1 Å². The smallest absolute Gasteiger partial charge is 0.269 e. The number of ether oxygens (including phenoxy) is 1. The van der Waals surface area contributed by atoms with Gasteiger partial charge in [-0.25, -0.2) is 8.42 Å². The lowest BCUT2D eigenvalue weighted by Crippen LogP contribution is -2.41. The minimum absolute atomic E-state index is 0.141. The Bertz CT molecular complexity index is 1130. The maximum absolute atomic E-state index is 12.7. The summed E-state index contributed by atoms with van der Waals surface area (Å²) in [5.74, 6) is -0.593. The van der Waals surface area contributed by atoms with Crippen molar-refractivity contribution in [3.8, 4) is 0 Å². The number of hydrogen-bond donors (Lipinski definition) is 3. The number of aliphatic hydroxyl groups excluding tert-OH is 2. The number of rotatable bonds is 9. The van der Waals surface area contributed by atoms with Crippen molar-refractivity contribution >= 4 is 27.7 Å². The van der Waals surface area contributed by atoms with Crippen LogP contribution in [0.1, 0.15) is 17.2 Å². The number of nitrogens with one attached hydrogen (secondary N) is 1. The highest BCUT2D eigenvalue weighted by molar-refractivity contribution is 7.89. The summed E-state index contributed by atoms with van der Waals surface area (Å²) in [6.07, 6.45) is 1.37. The normalized spacial score (nSPS) is 16.8. The molecule has 1 aliphatic rings. The van der Waals surface area contributed by atoms with Crippen LogP contribution < -0.4 is 5.32 Å². The molecule has 11 nitrogen and oxygen atoms in total. The van der Waals surface area contributed by atoms with Crippen molar-refractivity contribution in [2.24, 2.45) is 0 Å². The Kier molecular flexibility index (Phi) is 8.47. The van der Waals surface area contributed by atoms with Gasteiger partial charge in [0.15, 0.2) is 0 Å². The van der Waals surface area contributed by atoms with E-state index < -0.39 is 39.6 Å². The van der Waals surface area contributed by atoms with Gasteiger partial charge in [-0.3, -0.25) is 14.9 Å². The molecule has 0 spiro atoms. The van der Waals surface area contributed by atoms with Gasteiger partial charge in [0, 0.05) is 31.3 Å². The second kappa shape index (κ2) is 11.3. The minimum Gasteiger partial charge on any atom is -0.394 e. The van der Waals surface area contributed by atoms with Crippen molar-refractivity contribution in [1.29, 1.82) is 0 Å². The van der Waals surface area contributed by atoms with Gasteiger partial charge in [0.25, 0.3) is 5.69 Å². The summed E-state index contributed by atoms with van der Waals surface area (Å²) in [5.41, 5.74) is 0.728. The van der Waals surface area contributed by atoms with Crippen molar-refractivity contribution in [1.82, 2.24) is 9.62 Å². The van der Waals surface area contributed by atoms with Crippen LogP contribution in [0.3, 0.4) is 0 Å². The van der Waals surface area contributed by atoms with Gasteiger partial charge in [0.2, 0.25) is 15.9 Å². The van der Waals surface area contributed by atoms with E-state index in [1.807, 2.05) is 0 Å². The maximum atomic E-state index is 12.7. The Labute approximate surface area is 196 Å². The molecule has 0 bridgehead atoms. The third-order valence-electron chi connectivity index (χ3n) is 5.27. The number of aliphatic hydroxyl groups is 2. The molecular weight excluding hydrogens is 466 g/mol. The van der Waals surface area contributed by atoms with E-state index >= 15 is 0 Å². The van der Waals surface area contributed by atoms with Crippen molar-refractivity contribution in [2.45, 2.75) is 17.0 Å². The SMILES string of the molecule is O=C(/C=C/c1ccc(S(=O)(=O)N2CCOCC2)cc1)N[C@@H](CO)[C@H](O)c1ccc([N+](=O)[O-])cc1. The first-order valence-corrected chi connectivity index (χ1v) is 11.9. The predicted octanol–water partition coefficient (Wildman–Crippen LogP) is 0.840. The van der Waals surface area contributed by atoms with Gasteiger partial charge in [-0.2, -0.15) is 4.31 Å². The van der Waals surface area contributed by atoms with Gasteiger partial charge < -0.3 is 20.3 Å². The van der Waals surface area contributed by atoms with Gasteiger partial charge >= 0.3 is 0 Å². The quantitative estimate of drug-likeness (QED) is 0.264. The highest BCUT2D eigenvalue weighted by Crippen LogP contribution is 2.21. The molecule has 2 aromatic carbocycles. The molecule has 12 heteroatoms. The molecule has 2 atom stereocenters. The summed E-state index contributed by atoms with van der Waals surface area (Å²) in [7, 11) is -3.62. The Morgan fingerprint density at radius 3 is 2.32 bits per heavy atom. The molecule has 0 aromatic heterocycles. The van der Waals surface area contributed by atoms with Crippen molar-refractivity contribution in [3.63, 3.8) is 0 Å². The van der Waals surface area contributed by atoms with Crippen LogP contribution in [0, 0.1) is 10.1 Å². The zero-order chi connectivity index (χ0) is 24.7. The summed E-state index contributed by atoms with van der Waals surface area (Å²) in [6.45, 7) is 0.724. The number of morpholine rings is 1. The average Bonchev–Trinajstić information content (AvgIpc) is 2.86. The Hall–Kier alpha value is -3.16. The molecule has 1 saturated heterocycles. The molecule has 0 unspecified atom stereocenters. The van der Waals surface area contributed by atoms with E-state index in [-0.39, 0.29) is 10.6 Å². The Balaban J connectivity index is 1.61. The first-order valence-electron chi connectivity index (χ1n) is 10.4. The number of nitro benzene ring substituents is 1. The third kappa shape index (κ3) is 6.24. The van der Waals surface area contributed by atoms with Gasteiger partial charge in [0.05, 0.1) is 35.7 Å². The fourth-order valence-electron chi connectivity index (χ4n) is 3.34. The lowest BCUT2D eigenvalue weighted by Gasteiger charge is -2.26. The van der Waals surface area contributed by atoms with Crippen LogP contribution in [-0.4, -0.2) is 72.7 Å². The fraction of sp³-hybridized carbons (Fsp3) is 0.318. The second-order valence-electron chi connectivity index (χ2n) is 7.51. The number of amides is 1. The van der Waals surface area contributed by atoms with Crippen molar-refractivity contribution < 1.29 is 33.1 Å². The molecule has 0 saturated carbocycles. The molecule has 3 rings (SSSR count). The molecular formula is C22H25N3O8S. The fourth-order valence-corrected chi connectivity index (χ4v) is 4.75. The van der Waals surface area contributed by atoms with Crippen molar-refractivity contribution in [2.75, 3.05) is 32.9 Å². The molecule has 0 radical (unpaired) electrons. The summed E-state index contributed by atoms with van der Waals surface area (Å²) in [6, 6.07) is 10.1. The number of carbonyl (C=O) groups is 1. The number of carbonyl (C=O) groups excluding carboxylic acids is 1. The van der Waals surface area contributed by atoms with E-state index in [2.05, 4.69) is 5.32 Å². The molecule has 1 heterocycles. The maximum Gasteiger partial charge on any atom is 0.269 e. The molecule has 182 valence electrons. The zero-order valence-electron chi connectivity index (χ0n) is 18.1. The largest absolute Gasteiger partial charge is 0.394 e. The standard InChI is InChI=1S/C22H25N3O8S/c26-15-20(22(28)17-4-6-18(7-5-17)25(29)30)23-21(27)10-3-16-1-8-19(9-2-16)34(31,32)24-11-13-33-14-12-24/h1-10,20,22,26,28H,11-15H2,(H,23,27)/b10-3+/t20-,22+/m0/s1. The van der Waals surface area contributed by atoms with E-state index in [4.69, 9.17) is 4.74 Å². The van der Waals surface area contributed by atoms with Gasteiger partial charge in [-0.15, -0.1) is 0 Å². The second-order valence-corrected chi connectivity index (χ2v) is 9.45. The number of hydrogen-bond acceptors (Lipinski definition) is 8. The average molecular weight is 492 g/mol. The van der Waals surface area contributed by atoms with E-state index in [9.17, 15) is 33.5 Å². The minimum atomic E-state index is -3.62. The number of benzene rings is 2. The molecule has 2 aromatic rings. The number of non-ortho nitro benzene ring substituents is 1. The summed E-state index contributed by atoms with van der Waals surface area (Å²) in [4.78, 5) is 22.6. The number of nitro groups is 1. The first kappa shape index (κ1) is 25.5. The van der Waals surface area contributed by atoms with Crippen LogP contribution in [0.2, 0.25) is 0 Å². The van der Waals surface area contributed by atoms with E-state index in [0.29, 0.717) is 37.4 Å². The van der Waals surface area contributed by atoms with Crippen LogP contribution in [0.25, 0.3) is 6.08 Å². The molecule has 34 heavy (non-hydrogen) atoms. The molecule has 3 N–H and O–H groups in total. The van der Waals surface area contributed by atoms with Gasteiger partial charge in [-0.05, 0) is 41.5 Å². The molecule has 1 amide bonds. The van der Waals surface area contributed by atoms with E-state index in [1.165, 1.54) is 52.9 Å². The Morgan fingerprint density at radius 2 is 1.76 bits per heavy atom. The highest BCUT2D eigenvalue weighted by atomic mass is 32.2. The number of sulfonamides is 1. The summed E-state index contributed by atoms with van der Waals surface area (Å²) in [5, 5.41) is 33.2. The van der Waals surface area contributed by atoms with Crippen LogP contribution in [0.5, 0.6) is 0 Å². The van der Waals surface area contributed by atoms with Crippen LogP contribution in [0.4, 0.5) is 5.69 Å². The lowest BCUT2D eigenvalue weighted by atomic mass is 10.0. The van der Waals surface area contributed by atoms with Crippen LogP contribution in [-0.2, 0) is 19.6 Å².